The second-order valence-electron chi connectivity index (χ2n) is 6.57. The highest BCUT2D eigenvalue weighted by Crippen LogP contribution is 2.38. The van der Waals surface area contributed by atoms with Crippen molar-refractivity contribution in [3.05, 3.63) is 28.2 Å². The van der Waals surface area contributed by atoms with Crippen LogP contribution in [0.15, 0.2) is 18.2 Å². The van der Waals surface area contributed by atoms with Crippen LogP contribution >= 0.6 is 23.2 Å². The van der Waals surface area contributed by atoms with E-state index in [-0.39, 0.29) is 11.4 Å². The van der Waals surface area contributed by atoms with Crippen molar-refractivity contribution in [2.24, 2.45) is 5.41 Å². The standard InChI is InChI=1S/C16H21Cl2N3O/c1-20-8-6-16(10-20)5-2-7-21(11-16)15(22)19-14-9-12(17)3-4-13(14)18/h3-4,9H,2,5-8,10-11H2,1H3,(H,19,22). The number of hydrogen-bond donors (Lipinski definition) is 1. The summed E-state index contributed by atoms with van der Waals surface area (Å²) in [6.07, 6.45) is 3.44. The molecule has 2 amide bonds. The number of halogens is 2. The first kappa shape index (κ1) is 15.9. The summed E-state index contributed by atoms with van der Waals surface area (Å²) in [5, 5.41) is 3.96. The van der Waals surface area contributed by atoms with Crippen LogP contribution < -0.4 is 5.32 Å². The number of hydrogen-bond acceptors (Lipinski definition) is 2. The molecule has 6 heteroatoms. The topological polar surface area (TPSA) is 35.6 Å². The van der Waals surface area contributed by atoms with Gasteiger partial charge >= 0.3 is 6.03 Å². The van der Waals surface area contributed by atoms with Crippen molar-refractivity contribution in [3.8, 4) is 0 Å². The predicted molar refractivity (Wildman–Crippen MR) is 90.8 cm³/mol. The van der Waals surface area contributed by atoms with Gasteiger partial charge in [-0.1, -0.05) is 23.2 Å². The summed E-state index contributed by atoms with van der Waals surface area (Å²) in [5.41, 5.74) is 0.838. The Bertz CT molecular complexity index is 577. The molecular weight excluding hydrogens is 321 g/mol. The number of benzene rings is 1. The van der Waals surface area contributed by atoms with E-state index in [0.717, 1.165) is 32.6 Å². The number of urea groups is 1. The summed E-state index contributed by atoms with van der Waals surface area (Å²) in [6, 6.07) is 5.01. The molecule has 2 aliphatic heterocycles. The summed E-state index contributed by atoms with van der Waals surface area (Å²) < 4.78 is 0. The maximum atomic E-state index is 12.6. The second kappa shape index (κ2) is 6.26. The van der Waals surface area contributed by atoms with Crippen LogP contribution in [0.4, 0.5) is 10.5 Å². The highest BCUT2D eigenvalue weighted by atomic mass is 35.5. The van der Waals surface area contributed by atoms with E-state index in [4.69, 9.17) is 23.2 Å². The minimum atomic E-state index is -0.0854. The number of rotatable bonds is 1. The zero-order valence-electron chi connectivity index (χ0n) is 12.7. The van der Waals surface area contributed by atoms with Crippen LogP contribution in [0.5, 0.6) is 0 Å². The van der Waals surface area contributed by atoms with E-state index in [0.29, 0.717) is 15.7 Å². The van der Waals surface area contributed by atoms with Crippen LogP contribution in [-0.4, -0.2) is 49.1 Å². The number of carbonyl (C=O) groups is 1. The largest absolute Gasteiger partial charge is 0.324 e. The maximum absolute atomic E-state index is 12.6. The molecule has 1 aromatic carbocycles. The Kier molecular flexibility index (Phi) is 4.53. The molecule has 1 unspecified atom stereocenters. The molecule has 2 heterocycles. The lowest BCUT2D eigenvalue weighted by Gasteiger charge is -2.40. The van der Waals surface area contributed by atoms with Crippen LogP contribution in [0.25, 0.3) is 0 Å². The van der Waals surface area contributed by atoms with Gasteiger partial charge in [0, 0.05) is 30.1 Å². The lowest BCUT2D eigenvalue weighted by molar-refractivity contribution is 0.117. The quantitative estimate of drug-likeness (QED) is 0.839. The van der Waals surface area contributed by atoms with Crippen LogP contribution in [0.2, 0.25) is 10.0 Å². The molecule has 22 heavy (non-hydrogen) atoms. The van der Waals surface area contributed by atoms with Gasteiger partial charge in [0.15, 0.2) is 0 Å². The van der Waals surface area contributed by atoms with Gasteiger partial charge < -0.3 is 15.1 Å². The van der Waals surface area contributed by atoms with Crippen molar-refractivity contribution in [1.82, 2.24) is 9.80 Å². The molecule has 1 atom stereocenters. The SMILES string of the molecule is CN1CCC2(CCCN(C(=O)Nc3cc(Cl)ccc3Cl)C2)C1. The van der Waals surface area contributed by atoms with Crippen LogP contribution in [0, 0.1) is 5.41 Å². The summed E-state index contributed by atoms with van der Waals surface area (Å²) in [7, 11) is 2.15. The highest BCUT2D eigenvalue weighted by Gasteiger charge is 2.41. The fourth-order valence-electron chi connectivity index (χ4n) is 3.66. The number of piperidine rings is 1. The third-order valence-corrected chi connectivity index (χ3v) is 5.31. The fourth-order valence-corrected chi connectivity index (χ4v) is 4.00. The zero-order chi connectivity index (χ0) is 15.7. The van der Waals surface area contributed by atoms with Gasteiger partial charge in [-0.3, -0.25) is 0 Å². The average molecular weight is 342 g/mol. The third-order valence-electron chi connectivity index (χ3n) is 4.75. The summed E-state index contributed by atoms with van der Waals surface area (Å²) in [5.74, 6) is 0. The molecule has 0 radical (unpaired) electrons. The molecule has 1 aromatic rings. The molecule has 0 aliphatic carbocycles. The first-order valence-corrected chi connectivity index (χ1v) is 8.43. The maximum Gasteiger partial charge on any atom is 0.321 e. The number of anilines is 1. The molecule has 120 valence electrons. The normalized spacial score (nSPS) is 25.7. The monoisotopic (exact) mass is 341 g/mol. The van der Waals surface area contributed by atoms with Gasteiger partial charge in [-0.2, -0.15) is 0 Å². The highest BCUT2D eigenvalue weighted by molar-refractivity contribution is 6.35. The van der Waals surface area contributed by atoms with E-state index < -0.39 is 0 Å². The average Bonchev–Trinajstić information content (AvgIpc) is 2.83. The molecule has 3 rings (SSSR count). The third kappa shape index (κ3) is 3.34. The van der Waals surface area contributed by atoms with Crippen molar-refractivity contribution in [2.45, 2.75) is 19.3 Å². The van der Waals surface area contributed by atoms with Crippen molar-refractivity contribution >= 4 is 34.9 Å². The fraction of sp³-hybridized carbons (Fsp3) is 0.562. The van der Waals surface area contributed by atoms with Crippen molar-refractivity contribution in [2.75, 3.05) is 38.5 Å². The van der Waals surface area contributed by atoms with Gasteiger partial charge in [-0.25, -0.2) is 4.79 Å². The van der Waals surface area contributed by atoms with Gasteiger partial charge in [0.25, 0.3) is 0 Å². The molecule has 2 aliphatic rings. The minimum absolute atomic E-state index is 0.0854. The number of likely N-dealkylation sites (tertiary alicyclic amines) is 2. The van der Waals surface area contributed by atoms with Gasteiger partial charge in [0.1, 0.15) is 0 Å². The lowest BCUT2D eigenvalue weighted by Crippen LogP contribution is -2.48. The van der Waals surface area contributed by atoms with Crippen LogP contribution in [0.3, 0.4) is 0 Å². The van der Waals surface area contributed by atoms with Crippen LogP contribution in [0.1, 0.15) is 19.3 Å². The molecule has 1 N–H and O–H groups in total. The van der Waals surface area contributed by atoms with Crippen molar-refractivity contribution in [1.29, 1.82) is 0 Å². The van der Waals surface area contributed by atoms with E-state index >= 15 is 0 Å². The van der Waals surface area contributed by atoms with E-state index in [1.54, 1.807) is 18.2 Å². The first-order valence-electron chi connectivity index (χ1n) is 7.67. The minimum Gasteiger partial charge on any atom is -0.324 e. The number of nitrogens with zero attached hydrogens (tertiary/aromatic N) is 2. The number of carbonyl (C=O) groups excluding carboxylic acids is 1. The lowest BCUT2D eigenvalue weighted by atomic mass is 9.79. The molecule has 0 aromatic heterocycles. The number of amides is 2. The molecule has 0 bridgehead atoms. The van der Waals surface area contributed by atoms with E-state index in [2.05, 4.69) is 17.3 Å². The molecule has 0 saturated carbocycles. The van der Waals surface area contributed by atoms with Gasteiger partial charge in [-0.15, -0.1) is 0 Å². The van der Waals surface area contributed by atoms with E-state index in [1.807, 2.05) is 4.90 Å². The summed E-state index contributed by atoms with van der Waals surface area (Å²) in [6.45, 7) is 3.82. The van der Waals surface area contributed by atoms with E-state index in [1.165, 1.54) is 12.8 Å². The van der Waals surface area contributed by atoms with Gasteiger partial charge in [0.05, 0.1) is 10.7 Å². The van der Waals surface area contributed by atoms with Crippen molar-refractivity contribution in [3.63, 3.8) is 0 Å². The second-order valence-corrected chi connectivity index (χ2v) is 7.41. The Balaban J connectivity index is 1.68. The predicted octanol–water partition coefficient (Wildman–Crippen LogP) is 3.94. The molecule has 4 nitrogen and oxygen atoms in total. The summed E-state index contributed by atoms with van der Waals surface area (Å²) in [4.78, 5) is 16.8. The first-order chi connectivity index (χ1) is 10.5. The van der Waals surface area contributed by atoms with Gasteiger partial charge in [-0.05, 0) is 51.1 Å². The van der Waals surface area contributed by atoms with Gasteiger partial charge in [0.2, 0.25) is 0 Å². The Morgan fingerprint density at radius 1 is 1.23 bits per heavy atom. The Morgan fingerprint density at radius 2 is 2.05 bits per heavy atom. The smallest absolute Gasteiger partial charge is 0.321 e. The number of nitrogens with one attached hydrogen (secondary N) is 1. The van der Waals surface area contributed by atoms with Crippen molar-refractivity contribution < 1.29 is 4.79 Å². The Morgan fingerprint density at radius 3 is 2.77 bits per heavy atom. The molecular formula is C16H21Cl2N3O. The molecule has 1 spiro atoms. The Hall–Kier alpha value is -0.970. The molecule has 2 saturated heterocycles. The Labute approximate surface area is 141 Å². The summed E-state index contributed by atoms with van der Waals surface area (Å²) >= 11 is 12.1. The molecule has 2 fully saturated rings. The van der Waals surface area contributed by atoms with E-state index in [9.17, 15) is 4.79 Å². The zero-order valence-corrected chi connectivity index (χ0v) is 14.3. The van der Waals surface area contributed by atoms with Crippen LogP contribution in [-0.2, 0) is 0 Å².